The van der Waals surface area contributed by atoms with E-state index in [-0.39, 0.29) is 17.8 Å². The van der Waals surface area contributed by atoms with Crippen molar-refractivity contribution in [3.8, 4) is 11.4 Å². The highest BCUT2D eigenvalue weighted by molar-refractivity contribution is 5.94. The Morgan fingerprint density at radius 1 is 1.15 bits per heavy atom. The van der Waals surface area contributed by atoms with Gasteiger partial charge in [-0.05, 0) is 49.6 Å². The van der Waals surface area contributed by atoms with Crippen molar-refractivity contribution in [2.24, 2.45) is 0 Å². The van der Waals surface area contributed by atoms with Gasteiger partial charge in [0.2, 0.25) is 0 Å². The fourth-order valence-corrected chi connectivity index (χ4v) is 3.26. The Bertz CT molecular complexity index is 945. The quantitative estimate of drug-likeness (QED) is 0.699. The Morgan fingerprint density at radius 3 is 2.44 bits per heavy atom. The monoisotopic (exact) mass is 363 g/mol. The number of imidazole rings is 1. The van der Waals surface area contributed by atoms with E-state index in [0.29, 0.717) is 17.4 Å². The number of carbonyl (C=O) groups is 1. The van der Waals surface area contributed by atoms with Gasteiger partial charge >= 0.3 is 0 Å². The first-order valence-corrected chi connectivity index (χ1v) is 9.22. The fraction of sp³-hybridized carbons (Fsp3) is 0.273. The lowest BCUT2D eigenvalue weighted by Crippen LogP contribution is -2.30. The van der Waals surface area contributed by atoms with Crippen molar-refractivity contribution in [3.63, 3.8) is 0 Å². The van der Waals surface area contributed by atoms with Crippen LogP contribution in [0.5, 0.6) is 0 Å². The Hall–Kier alpha value is -2.95. The maximum atomic E-state index is 13.2. The molecule has 5 heteroatoms. The van der Waals surface area contributed by atoms with Crippen LogP contribution in [0.1, 0.15) is 53.5 Å². The second-order valence-corrected chi connectivity index (χ2v) is 7.13. The molecule has 2 aromatic carbocycles. The van der Waals surface area contributed by atoms with Crippen LogP contribution in [-0.2, 0) is 0 Å². The maximum Gasteiger partial charge on any atom is 0.274 e. The van der Waals surface area contributed by atoms with Crippen LogP contribution in [-0.4, -0.2) is 27.8 Å². The molecule has 1 aliphatic carbocycles. The first kappa shape index (κ1) is 17.5. The number of halogens is 1. The molecule has 0 aliphatic heterocycles. The number of aromatic nitrogens is 2. The molecule has 0 unspecified atom stereocenters. The number of aromatic amines is 1. The first-order valence-electron chi connectivity index (χ1n) is 9.22. The van der Waals surface area contributed by atoms with Crippen molar-refractivity contribution in [3.05, 3.63) is 77.4 Å². The van der Waals surface area contributed by atoms with Crippen molar-refractivity contribution in [2.75, 3.05) is 7.05 Å². The summed E-state index contributed by atoms with van der Waals surface area (Å²) in [4.78, 5) is 22.8. The van der Waals surface area contributed by atoms with Crippen molar-refractivity contribution < 1.29 is 9.18 Å². The molecule has 0 saturated heterocycles. The van der Waals surface area contributed by atoms with Crippen LogP contribution in [0.3, 0.4) is 0 Å². The minimum Gasteiger partial charge on any atom is -0.341 e. The van der Waals surface area contributed by atoms with Gasteiger partial charge in [-0.15, -0.1) is 0 Å². The van der Waals surface area contributed by atoms with Crippen molar-refractivity contribution in [1.82, 2.24) is 14.9 Å². The van der Waals surface area contributed by atoms with Gasteiger partial charge < -0.3 is 9.88 Å². The molecule has 0 spiro atoms. The van der Waals surface area contributed by atoms with Crippen LogP contribution in [0, 0.1) is 5.82 Å². The molecule has 1 fully saturated rings. The minimum absolute atomic E-state index is 0.0586. The SMILES string of the molecule is C[C@H](c1ccccc1)N(C)C(=O)c1nc(-c2ccc(F)cc2)[nH]c1C1CC1. The molecular formula is C22H22FN3O. The molecule has 1 atom stereocenters. The van der Waals surface area contributed by atoms with Crippen LogP contribution in [0.25, 0.3) is 11.4 Å². The second-order valence-electron chi connectivity index (χ2n) is 7.13. The lowest BCUT2D eigenvalue weighted by Gasteiger charge is -2.25. The van der Waals surface area contributed by atoms with Gasteiger partial charge in [0, 0.05) is 18.5 Å². The van der Waals surface area contributed by atoms with E-state index in [2.05, 4.69) is 9.97 Å². The van der Waals surface area contributed by atoms with Crippen LogP contribution >= 0.6 is 0 Å². The summed E-state index contributed by atoms with van der Waals surface area (Å²) in [5.41, 5.74) is 3.22. The van der Waals surface area contributed by atoms with Gasteiger partial charge in [0.15, 0.2) is 0 Å². The third kappa shape index (κ3) is 3.50. The van der Waals surface area contributed by atoms with Crippen molar-refractivity contribution in [1.29, 1.82) is 0 Å². The summed E-state index contributed by atoms with van der Waals surface area (Å²) in [7, 11) is 1.81. The molecular weight excluding hydrogens is 341 g/mol. The molecule has 4 rings (SSSR count). The summed E-state index contributed by atoms with van der Waals surface area (Å²) >= 11 is 0. The van der Waals surface area contributed by atoms with Gasteiger partial charge in [0.1, 0.15) is 17.3 Å². The molecule has 1 N–H and O–H groups in total. The maximum absolute atomic E-state index is 13.2. The van der Waals surface area contributed by atoms with Gasteiger partial charge in [-0.3, -0.25) is 4.79 Å². The zero-order valence-electron chi connectivity index (χ0n) is 15.4. The molecule has 1 saturated carbocycles. The van der Waals surface area contributed by atoms with Crippen LogP contribution < -0.4 is 0 Å². The summed E-state index contributed by atoms with van der Waals surface area (Å²) in [6.07, 6.45) is 2.12. The van der Waals surface area contributed by atoms with Crippen LogP contribution in [0.4, 0.5) is 4.39 Å². The summed E-state index contributed by atoms with van der Waals surface area (Å²) < 4.78 is 13.2. The predicted octanol–water partition coefficient (Wildman–Crippen LogP) is 4.93. The van der Waals surface area contributed by atoms with Gasteiger partial charge in [-0.25, -0.2) is 9.37 Å². The van der Waals surface area contributed by atoms with Crippen molar-refractivity contribution in [2.45, 2.75) is 31.7 Å². The third-order valence-corrected chi connectivity index (χ3v) is 5.22. The number of carbonyl (C=O) groups excluding carboxylic acids is 1. The lowest BCUT2D eigenvalue weighted by atomic mass is 10.1. The van der Waals surface area contributed by atoms with E-state index < -0.39 is 0 Å². The highest BCUT2D eigenvalue weighted by atomic mass is 19.1. The molecule has 4 nitrogen and oxygen atoms in total. The molecule has 1 aromatic heterocycles. The number of H-pyrrole nitrogens is 1. The fourth-order valence-electron chi connectivity index (χ4n) is 3.26. The predicted molar refractivity (Wildman–Crippen MR) is 103 cm³/mol. The molecule has 0 bridgehead atoms. The standard InChI is InChI=1S/C22H22FN3O/c1-14(15-6-4-3-5-7-15)26(2)22(27)20-19(16-8-9-16)24-21(25-20)17-10-12-18(23)13-11-17/h3-7,10-14,16H,8-9H2,1-2H3,(H,24,25)/t14-/m1/s1. The number of hydrogen-bond donors (Lipinski definition) is 1. The first-order chi connectivity index (χ1) is 13.0. The molecule has 1 heterocycles. The largest absolute Gasteiger partial charge is 0.341 e. The Balaban J connectivity index is 1.65. The van der Waals surface area contributed by atoms with Gasteiger partial charge in [0.25, 0.3) is 5.91 Å². The lowest BCUT2D eigenvalue weighted by molar-refractivity contribution is 0.0736. The minimum atomic E-state index is -0.291. The van der Waals surface area contributed by atoms with E-state index in [9.17, 15) is 9.18 Å². The average molecular weight is 363 g/mol. The van der Waals surface area contributed by atoms with E-state index in [1.165, 1.54) is 12.1 Å². The van der Waals surface area contributed by atoms with Crippen LogP contribution in [0.15, 0.2) is 54.6 Å². The van der Waals surface area contributed by atoms with Gasteiger partial charge in [-0.2, -0.15) is 0 Å². The summed E-state index contributed by atoms with van der Waals surface area (Å²) in [5.74, 6) is 0.574. The number of amides is 1. The number of rotatable bonds is 5. The topological polar surface area (TPSA) is 49.0 Å². The van der Waals surface area contributed by atoms with E-state index >= 15 is 0 Å². The number of hydrogen-bond acceptors (Lipinski definition) is 2. The van der Waals surface area contributed by atoms with Crippen molar-refractivity contribution >= 4 is 5.91 Å². The molecule has 1 amide bonds. The normalized spacial score (nSPS) is 14.8. The number of nitrogens with one attached hydrogen (secondary N) is 1. The molecule has 138 valence electrons. The van der Waals surface area contributed by atoms with E-state index in [4.69, 9.17) is 0 Å². The van der Waals surface area contributed by atoms with Gasteiger partial charge in [0.05, 0.1) is 11.7 Å². The molecule has 27 heavy (non-hydrogen) atoms. The van der Waals surface area contributed by atoms with E-state index in [1.54, 1.807) is 17.0 Å². The number of benzene rings is 2. The van der Waals surface area contributed by atoms with Crippen LogP contribution in [0.2, 0.25) is 0 Å². The molecule has 0 radical (unpaired) electrons. The number of nitrogens with zero attached hydrogens (tertiary/aromatic N) is 2. The highest BCUT2D eigenvalue weighted by Crippen LogP contribution is 2.42. The van der Waals surface area contributed by atoms with Gasteiger partial charge in [-0.1, -0.05) is 30.3 Å². The zero-order chi connectivity index (χ0) is 19.0. The zero-order valence-corrected chi connectivity index (χ0v) is 15.4. The summed E-state index contributed by atoms with van der Waals surface area (Å²) in [6, 6.07) is 16.0. The second kappa shape index (κ2) is 6.99. The third-order valence-electron chi connectivity index (χ3n) is 5.22. The Morgan fingerprint density at radius 2 is 1.81 bits per heavy atom. The summed E-state index contributed by atoms with van der Waals surface area (Å²) in [6.45, 7) is 2.01. The Kier molecular flexibility index (Phi) is 4.52. The molecule has 1 aliphatic rings. The summed E-state index contributed by atoms with van der Waals surface area (Å²) in [5, 5.41) is 0. The Labute approximate surface area is 158 Å². The smallest absolute Gasteiger partial charge is 0.274 e. The molecule has 3 aromatic rings. The average Bonchev–Trinajstić information content (AvgIpc) is 3.46. The highest BCUT2D eigenvalue weighted by Gasteiger charge is 2.33. The van der Waals surface area contributed by atoms with E-state index in [0.717, 1.165) is 29.7 Å². The van der Waals surface area contributed by atoms with E-state index in [1.807, 2.05) is 44.3 Å².